The Kier molecular flexibility index (Phi) is 2.29. The number of aromatic amines is 1. The number of nitrogens with zero attached hydrogens (tertiary/aromatic N) is 1. The Labute approximate surface area is 88.9 Å². The highest BCUT2D eigenvalue weighted by Gasteiger charge is 2.41. The molecule has 0 aromatic carbocycles. The van der Waals surface area contributed by atoms with Crippen molar-refractivity contribution in [3.05, 3.63) is 21.7 Å². The molecule has 0 saturated heterocycles. The maximum atomic E-state index is 11.7. The van der Waals surface area contributed by atoms with Gasteiger partial charge in [-0.1, -0.05) is 20.3 Å². The van der Waals surface area contributed by atoms with Crippen molar-refractivity contribution in [1.29, 1.82) is 0 Å². The summed E-state index contributed by atoms with van der Waals surface area (Å²) in [6, 6.07) is 0. The number of nitrogens with one attached hydrogen (secondary N) is 1. The molecule has 4 heteroatoms. The highest BCUT2D eigenvalue weighted by Crippen LogP contribution is 2.45. The van der Waals surface area contributed by atoms with E-state index in [1.165, 1.54) is 0 Å². The van der Waals surface area contributed by atoms with E-state index in [0.29, 0.717) is 17.8 Å². The predicted octanol–water partition coefficient (Wildman–Crippen LogP) is 1.36. The summed E-state index contributed by atoms with van der Waals surface area (Å²) < 4.78 is 0. The van der Waals surface area contributed by atoms with Crippen LogP contribution in [0.15, 0.2) is 4.79 Å². The molecule has 0 amide bonds. The summed E-state index contributed by atoms with van der Waals surface area (Å²) in [5.74, 6) is 1.16. The molecule has 1 aliphatic rings. The van der Waals surface area contributed by atoms with Crippen molar-refractivity contribution in [2.45, 2.75) is 44.9 Å². The van der Waals surface area contributed by atoms with E-state index in [1.54, 1.807) is 0 Å². The highest BCUT2D eigenvalue weighted by molar-refractivity contribution is 5.39. The maximum absolute atomic E-state index is 11.7. The third-order valence-corrected chi connectivity index (χ3v) is 3.12. The van der Waals surface area contributed by atoms with Crippen molar-refractivity contribution in [2.75, 3.05) is 5.73 Å². The zero-order chi connectivity index (χ0) is 11.1. The van der Waals surface area contributed by atoms with Crippen LogP contribution in [0.1, 0.15) is 44.5 Å². The van der Waals surface area contributed by atoms with E-state index in [1.807, 2.05) is 6.92 Å². The summed E-state index contributed by atoms with van der Waals surface area (Å²) in [5.41, 5.74) is 6.44. The lowest BCUT2D eigenvalue weighted by Gasteiger charge is -2.10. The number of hydrogen-bond acceptors (Lipinski definition) is 3. The van der Waals surface area contributed by atoms with Crippen LogP contribution in [0.2, 0.25) is 0 Å². The zero-order valence-corrected chi connectivity index (χ0v) is 9.26. The van der Waals surface area contributed by atoms with E-state index in [0.717, 1.165) is 25.1 Å². The van der Waals surface area contributed by atoms with Gasteiger partial charge in [-0.05, 0) is 19.3 Å². The van der Waals surface area contributed by atoms with Gasteiger partial charge in [-0.25, -0.2) is 4.98 Å². The Balaban J connectivity index is 2.43. The summed E-state index contributed by atoms with van der Waals surface area (Å²) in [4.78, 5) is 18.9. The lowest BCUT2D eigenvalue weighted by atomic mass is 10.1. The average molecular weight is 207 g/mol. The van der Waals surface area contributed by atoms with Gasteiger partial charge in [0.05, 0.1) is 5.56 Å². The molecule has 1 fully saturated rings. The number of nitrogens with two attached hydrogens (primary N) is 1. The molecule has 1 heterocycles. The molecule has 0 bridgehead atoms. The second kappa shape index (κ2) is 3.36. The van der Waals surface area contributed by atoms with E-state index in [9.17, 15) is 4.79 Å². The number of anilines is 1. The lowest BCUT2D eigenvalue weighted by molar-refractivity contribution is 0.698. The molecule has 1 saturated carbocycles. The molecule has 1 aromatic heterocycles. The number of aromatic nitrogens is 2. The lowest BCUT2D eigenvalue weighted by Crippen LogP contribution is -2.22. The molecule has 0 spiro atoms. The van der Waals surface area contributed by atoms with Crippen molar-refractivity contribution < 1.29 is 0 Å². The van der Waals surface area contributed by atoms with Gasteiger partial charge in [-0.15, -0.1) is 0 Å². The Morgan fingerprint density at radius 1 is 1.53 bits per heavy atom. The second-order valence-electron chi connectivity index (χ2n) is 4.59. The number of nitrogen functional groups attached to an aromatic ring is 1. The zero-order valence-electron chi connectivity index (χ0n) is 9.26. The minimum atomic E-state index is -0.0625. The van der Waals surface area contributed by atoms with Crippen LogP contribution < -0.4 is 11.3 Å². The first-order valence-corrected chi connectivity index (χ1v) is 5.46. The first-order valence-electron chi connectivity index (χ1n) is 5.46. The van der Waals surface area contributed by atoms with Gasteiger partial charge < -0.3 is 10.7 Å². The van der Waals surface area contributed by atoms with Crippen LogP contribution in [-0.2, 0) is 11.8 Å². The van der Waals surface area contributed by atoms with Crippen LogP contribution >= 0.6 is 0 Å². The molecule has 4 nitrogen and oxygen atoms in total. The molecule has 1 aliphatic carbocycles. The minimum Gasteiger partial charge on any atom is -0.383 e. The van der Waals surface area contributed by atoms with E-state index < -0.39 is 0 Å². The number of hydrogen-bond donors (Lipinski definition) is 2. The van der Waals surface area contributed by atoms with Gasteiger partial charge >= 0.3 is 0 Å². The van der Waals surface area contributed by atoms with Crippen molar-refractivity contribution in [2.24, 2.45) is 0 Å². The smallest absolute Gasteiger partial charge is 0.256 e. The largest absolute Gasteiger partial charge is 0.383 e. The first-order chi connectivity index (χ1) is 7.07. The molecule has 0 aliphatic heterocycles. The summed E-state index contributed by atoms with van der Waals surface area (Å²) in [7, 11) is 0. The monoisotopic (exact) mass is 207 g/mol. The minimum absolute atomic E-state index is 0.0625. The van der Waals surface area contributed by atoms with Crippen LogP contribution in [0, 0.1) is 0 Å². The summed E-state index contributed by atoms with van der Waals surface area (Å²) in [5, 5.41) is 0. The highest BCUT2D eigenvalue weighted by atomic mass is 16.1. The van der Waals surface area contributed by atoms with Gasteiger partial charge in [0.1, 0.15) is 11.6 Å². The topological polar surface area (TPSA) is 71.8 Å². The van der Waals surface area contributed by atoms with Crippen LogP contribution in [0.5, 0.6) is 0 Å². The van der Waals surface area contributed by atoms with E-state index in [-0.39, 0.29) is 11.0 Å². The van der Waals surface area contributed by atoms with E-state index in [4.69, 9.17) is 5.73 Å². The Bertz CT molecular complexity index is 432. The summed E-state index contributed by atoms with van der Waals surface area (Å²) >= 11 is 0. The molecule has 82 valence electrons. The second-order valence-corrected chi connectivity index (χ2v) is 4.59. The fraction of sp³-hybridized carbons (Fsp3) is 0.636. The molecule has 15 heavy (non-hydrogen) atoms. The fourth-order valence-corrected chi connectivity index (χ4v) is 1.72. The molecular formula is C11H17N3O. The normalized spacial score (nSPS) is 17.7. The molecule has 3 N–H and O–H groups in total. The quantitative estimate of drug-likeness (QED) is 0.786. The molecule has 2 rings (SSSR count). The van der Waals surface area contributed by atoms with Gasteiger partial charge in [0.25, 0.3) is 5.56 Å². The molecule has 0 atom stereocenters. The van der Waals surface area contributed by atoms with Gasteiger partial charge in [-0.3, -0.25) is 4.79 Å². The fourth-order valence-electron chi connectivity index (χ4n) is 1.72. The molecule has 0 unspecified atom stereocenters. The number of H-pyrrole nitrogens is 1. The van der Waals surface area contributed by atoms with Gasteiger partial charge in [0, 0.05) is 5.41 Å². The van der Waals surface area contributed by atoms with E-state index in [2.05, 4.69) is 16.9 Å². The molecule has 1 aromatic rings. The van der Waals surface area contributed by atoms with Gasteiger partial charge in [0.15, 0.2) is 0 Å². The van der Waals surface area contributed by atoms with Crippen LogP contribution in [-0.4, -0.2) is 9.97 Å². The Morgan fingerprint density at radius 3 is 2.67 bits per heavy atom. The van der Waals surface area contributed by atoms with Crippen LogP contribution in [0.3, 0.4) is 0 Å². The van der Waals surface area contributed by atoms with Crippen molar-refractivity contribution >= 4 is 5.82 Å². The van der Waals surface area contributed by atoms with E-state index >= 15 is 0 Å². The van der Waals surface area contributed by atoms with Gasteiger partial charge in [0.2, 0.25) is 0 Å². The molecular weight excluding hydrogens is 190 g/mol. The first kappa shape index (κ1) is 10.2. The Hall–Kier alpha value is -1.32. The van der Waals surface area contributed by atoms with Crippen molar-refractivity contribution in [3.63, 3.8) is 0 Å². The number of rotatable bonds is 3. The molecule has 0 radical (unpaired) electrons. The summed E-state index contributed by atoms with van der Waals surface area (Å²) in [6.45, 7) is 4.12. The van der Waals surface area contributed by atoms with Crippen molar-refractivity contribution in [1.82, 2.24) is 9.97 Å². The summed E-state index contributed by atoms with van der Waals surface area (Å²) in [6.07, 6.45) is 3.78. The predicted molar refractivity (Wildman–Crippen MR) is 59.9 cm³/mol. The third-order valence-electron chi connectivity index (χ3n) is 3.12. The average Bonchev–Trinajstić information content (AvgIpc) is 2.91. The maximum Gasteiger partial charge on any atom is 0.256 e. The standard InChI is InChI=1S/C11H17N3O/c1-3-4-7-8(12)13-10(14-9(7)15)11(2)5-6-11/h3-6H2,1-2H3,(H3,12,13,14,15). The van der Waals surface area contributed by atoms with Gasteiger partial charge in [-0.2, -0.15) is 0 Å². The van der Waals surface area contributed by atoms with Crippen LogP contribution in [0.25, 0.3) is 0 Å². The Morgan fingerprint density at radius 2 is 2.20 bits per heavy atom. The third kappa shape index (κ3) is 1.76. The van der Waals surface area contributed by atoms with Crippen LogP contribution in [0.4, 0.5) is 5.82 Å². The van der Waals surface area contributed by atoms with Crippen molar-refractivity contribution in [3.8, 4) is 0 Å². The SMILES string of the molecule is CCCc1c(N)nc(C2(C)CC2)[nH]c1=O.